The zero-order valence-corrected chi connectivity index (χ0v) is 36.5. The number of primary amides is 1. The second-order valence-corrected chi connectivity index (χ2v) is 16.6. The first kappa shape index (κ1) is 50.9. The Kier molecular flexibility index (Phi) is 22.0. The van der Waals surface area contributed by atoms with Gasteiger partial charge in [0, 0.05) is 26.4 Å². The van der Waals surface area contributed by atoms with Crippen molar-refractivity contribution in [2.24, 2.45) is 33.8 Å². The highest BCUT2D eigenvalue weighted by molar-refractivity contribution is 5.97. The van der Waals surface area contributed by atoms with Gasteiger partial charge in [-0.05, 0) is 87.9 Å². The molecule has 2 aliphatic rings. The van der Waals surface area contributed by atoms with Crippen LogP contribution in [0.4, 0.5) is 0 Å². The molecule has 1 saturated carbocycles. The first-order chi connectivity index (χ1) is 29.6. The molecule has 7 amide bonds. The molecule has 1 aromatic rings. The van der Waals surface area contributed by atoms with Crippen molar-refractivity contribution in [1.82, 2.24) is 31.5 Å². The number of hydrogen-bond donors (Lipinski definition) is 10. The molecule has 1 aliphatic carbocycles. The molecule has 19 nitrogen and oxygen atoms in total. The molecule has 1 heterocycles. The summed E-state index contributed by atoms with van der Waals surface area (Å²) in [6.07, 6.45) is 9.69. The van der Waals surface area contributed by atoms with E-state index in [-0.39, 0.29) is 49.5 Å². The van der Waals surface area contributed by atoms with Gasteiger partial charge in [-0.15, -0.1) is 0 Å². The Labute approximate surface area is 365 Å². The van der Waals surface area contributed by atoms with E-state index in [2.05, 4.69) is 31.6 Å². The number of carbonyl (C=O) groups excluding carboxylic acids is 7. The van der Waals surface area contributed by atoms with Crippen LogP contribution in [0.1, 0.15) is 122 Å². The highest BCUT2D eigenvalue weighted by Crippen LogP contribution is 2.29. The Balaban J connectivity index is 1.86. The van der Waals surface area contributed by atoms with E-state index in [1.807, 2.05) is 6.92 Å². The smallest absolute Gasteiger partial charge is 0.245 e. The van der Waals surface area contributed by atoms with Crippen molar-refractivity contribution in [1.29, 1.82) is 0 Å². The number of hydrogen-bond acceptors (Lipinski definition) is 10. The number of rotatable bonds is 26. The average Bonchev–Trinajstić information content (AvgIpc) is 3.73. The molecule has 1 aromatic carbocycles. The maximum Gasteiger partial charge on any atom is 0.245 e. The number of phenols is 1. The van der Waals surface area contributed by atoms with Gasteiger partial charge < -0.3 is 59.5 Å². The van der Waals surface area contributed by atoms with Crippen molar-refractivity contribution in [3.05, 3.63) is 29.8 Å². The number of benzene rings is 1. The van der Waals surface area contributed by atoms with Gasteiger partial charge in [0.25, 0.3) is 0 Å². The lowest BCUT2D eigenvalue weighted by Crippen LogP contribution is -2.59. The summed E-state index contributed by atoms with van der Waals surface area (Å²) < 4.78 is 0. The van der Waals surface area contributed by atoms with E-state index >= 15 is 0 Å². The minimum absolute atomic E-state index is 0.00918. The van der Waals surface area contributed by atoms with Crippen LogP contribution in [0.25, 0.3) is 0 Å². The Morgan fingerprint density at radius 1 is 0.726 bits per heavy atom. The van der Waals surface area contributed by atoms with Crippen LogP contribution in [0, 0.1) is 5.92 Å². The molecule has 19 heteroatoms. The molecule has 1 saturated heterocycles. The second kappa shape index (κ2) is 26.8. The summed E-state index contributed by atoms with van der Waals surface area (Å²) in [5.41, 5.74) is 22.7. The lowest BCUT2D eigenvalue weighted by atomic mass is 9.84. The van der Waals surface area contributed by atoms with E-state index in [9.17, 15) is 38.7 Å². The molecule has 0 radical (unpaired) electrons. The van der Waals surface area contributed by atoms with Gasteiger partial charge in [0.05, 0.1) is 0 Å². The highest BCUT2D eigenvalue weighted by atomic mass is 16.3. The van der Waals surface area contributed by atoms with Gasteiger partial charge >= 0.3 is 0 Å². The maximum atomic E-state index is 14.6. The molecule has 0 bridgehead atoms. The largest absolute Gasteiger partial charge is 0.508 e. The molecule has 0 spiro atoms. The number of carbonyl (C=O) groups is 7. The molecule has 0 aromatic heterocycles. The standard InChI is InChI=1S/C43H71N11O8/c1-3-4-14-33(51-38(58)32(49-27(2)55)15-8-9-22-44)39(59)53-35(26-28-12-6-5-7-13-28)42(62)54-24-11-17-36(54)41(61)52-34(25-29-18-20-30(56)21-19-29)40(60)50-31(37(45)57)16-10-23-48-43(46)47/h18-21,28,31-36,56H,3-17,22-26,44H2,1-2H3,(H2,45,57)(H,49,55)(H,50,60)(H,51,58)(H,52,61)(H,53,59)(H4,46,47,48)/t31-,32+,33-,34+,35-,36+/m0/s1. The number of nitrogens with two attached hydrogens (primary N) is 4. The van der Waals surface area contributed by atoms with Crippen molar-refractivity contribution in [3.8, 4) is 5.75 Å². The average molecular weight is 870 g/mol. The number of phenolic OH excluding ortho intramolecular Hbond substituents is 1. The summed E-state index contributed by atoms with van der Waals surface area (Å²) in [6.45, 7) is 4.15. The molecule has 14 N–H and O–H groups in total. The van der Waals surface area contributed by atoms with E-state index in [4.69, 9.17) is 22.9 Å². The summed E-state index contributed by atoms with van der Waals surface area (Å²) >= 11 is 0. The lowest BCUT2D eigenvalue weighted by Gasteiger charge is -2.33. The first-order valence-electron chi connectivity index (χ1n) is 22.2. The molecule has 3 rings (SSSR count). The van der Waals surface area contributed by atoms with Gasteiger partial charge in [-0.25, -0.2) is 0 Å². The molecule has 1 aliphatic heterocycles. The number of amides is 7. The van der Waals surface area contributed by atoms with Crippen molar-refractivity contribution < 1.29 is 38.7 Å². The molecular formula is C43H71N11O8. The fraction of sp³-hybridized carbons (Fsp3) is 0.674. The van der Waals surface area contributed by atoms with Crippen LogP contribution in [-0.4, -0.2) is 113 Å². The van der Waals surface area contributed by atoms with Crippen molar-refractivity contribution in [2.45, 2.75) is 159 Å². The number of likely N-dealkylation sites (tertiary alicyclic amines) is 1. The number of nitrogens with one attached hydrogen (secondary N) is 5. The summed E-state index contributed by atoms with van der Waals surface area (Å²) in [6, 6.07) is -0.0231. The summed E-state index contributed by atoms with van der Waals surface area (Å²) in [4.78, 5) is 100. The van der Waals surface area contributed by atoms with Gasteiger partial charge in [-0.1, -0.05) is 64.0 Å². The summed E-state index contributed by atoms with van der Waals surface area (Å²) in [5.74, 6) is -3.87. The highest BCUT2D eigenvalue weighted by Gasteiger charge is 2.40. The third-order valence-corrected chi connectivity index (χ3v) is 11.5. The minimum Gasteiger partial charge on any atom is -0.508 e. The molecular weight excluding hydrogens is 799 g/mol. The van der Waals surface area contributed by atoms with E-state index in [1.54, 1.807) is 12.1 Å². The molecule has 2 fully saturated rings. The summed E-state index contributed by atoms with van der Waals surface area (Å²) in [5, 5.41) is 23.8. The normalized spacial score (nSPS) is 17.7. The van der Waals surface area contributed by atoms with Crippen LogP contribution < -0.4 is 49.5 Å². The Hall–Kier alpha value is -5.46. The van der Waals surface area contributed by atoms with Crippen LogP contribution in [0.15, 0.2) is 29.3 Å². The number of aliphatic imine (C=N–C) groups is 1. The zero-order valence-electron chi connectivity index (χ0n) is 36.5. The van der Waals surface area contributed by atoms with E-state index in [0.717, 1.165) is 38.5 Å². The van der Waals surface area contributed by atoms with Crippen LogP contribution in [0.5, 0.6) is 5.75 Å². The predicted octanol–water partition coefficient (Wildman–Crippen LogP) is 0.198. The lowest BCUT2D eigenvalue weighted by molar-refractivity contribution is -0.143. The topological polar surface area (TPSA) is 320 Å². The van der Waals surface area contributed by atoms with Crippen molar-refractivity contribution in [2.75, 3.05) is 19.6 Å². The van der Waals surface area contributed by atoms with E-state index in [1.165, 1.54) is 24.0 Å². The van der Waals surface area contributed by atoms with Gasteiger partial charge in [0.1, 0.15) is 42.0 Å². The fourth-order valence-electron chi connectivity index (χ4n) is 8.12. The van der Waals surface area contributed by atoms with Gasteiger partial charge in [0.2, 0.25) is 41.4 Å². The summed E-state index contributed by atoms with van der Waals surface area (Å²) in [7, 11) is 0. The third kappa shape index (κ3) is 17.5. The molecule has 346 valence electrons. The Morgan fingerprint density at radius 2 is 1.32 bits per heavy atom. The fourth-order valence-corrected chi connectivity index (χ4v) is 8.12. The molecule has 62 heavy (non-hydrogen) atoms. The van der Waals surface area contributed by atoms with Gasteiger partial charge in [-0.3, -0.25) is 38.6 Å². The predicted molar refractivity (Wildman–Crippen MR) is 235 cm³/mol. The number of guanidine groups is 1. The van der Waals surface area contributed by atoms with Crippen molar-refractivity contribution in [3.63, 3.8) is 0 Å². The van der Waals surface area contributed by atoms with Crippen LogP contribution in [0.3, 0.4) is 0 Å². The first-order valence-corrected chi connectivity index (χ1v) is 22.2. The SMILES string of the molecule is CCCC[C@H](NC(=O)[C@@H](CCCCN)NC(C)=O)C(=O)N[C@@H](CC1CCCCC1)C(=O)N1CCC[C@@H]1C(=O)N[C@H](Cc1ccc(O)cc1)C(=O)N[C@@H](CCCN=C(N)N)C(N)=O. The van der Waals surface area contributed by atoms with E-state index in [0.29, 0.717) is 69.9 Å². The van der Waals surface area contributed by atoms with Crippen molar-refractivity contribution >= 4 is 47.3 Å². The number of unbranched alkanes of at least 4 members (excludes halogenated alkanes) is 2. The Bertz CT molecular complexity index is 1670. The molecule has 6 atom stereocenters. The maximum absolute atomic E-state index is 14.6. The number of aromatic hydroxyl groups is 1. The van der Waals surface area contributed by atoms with Gasteiger partial charge in [0.15, 0.2) is 5.96 Å². The van der Waals surface area contributed by atoms with Crippen LogP contribution >= 0.6 is 0 Å². The van der Waals surface area contributed by atoms with E-state index < -0.39 is 71.7 Å². The van der Waals surface area contributed by atoms with Crippen LogP contribution in [-0.2, 0) is 40.0 Å². The molecule has 0 unspecified atom stereocenters. The Morgan fingerprint density at radius 3 is 1.94 bits per heavy atom. The van der Waals surface area contributed by atoms with Crippen LogP contribution in [0.2, 0.25) is 0 Å². The second-order valence-electron chi connectivity index (χ2n) is 16.6. The third-order valence-electron chi connectivity index (χ3n) is 11.5. The minimum atomic E-state index is -1.21. The number of nitrogens with zero attached hydrogens (tertiary/aromatic N) is 2. The van der Waals surface area contributed by atoms with Gasteiger partial charge in [-0.2, -0.15) is 0 Å². The quantitative estimate of drug-likeness (QED) is 0.0341. The zero-order chi connectivity index (χ0) is 45.6. The monoisotopic (exact) mass is 870 g/mol.